The van der Waals surface area contributed by atoms with Crippen molar-refractivity contribution in [3.63, 3.8) is 0 Å². The lowest BCUT2D eigenvalue weighted by Gasteiger charge is -2.41. The molecule has 0 bridgehead atoms. The Morgan fingerprint density at radius 1 is 1.05 bits per heavy atom. The van der Waals surface area contributed by atoms with E-state index in [1.807, 2.05) is 25.7 Å². The van der Waals surface area contributed by atoms with E-state index in [2.05, 4.69) is 12.2 Å². The van der Waals surface area contributed by atoms with Gasteiger partial charge in [-0.05, 0) is 53.4 Å². The molecule has 1 aliphatic heterocycles. The van der Waals surface area contributed by atoms with E-state index in [-0.39, 0.29) is 12.1 Å². The summed E-state index contributed by atoms with van der Waals surface area (Å²) in [5.41, 5.74) is -0.418. The van der Waals surface area contributed by atoms with E-state index in [1.54, 1.807) is 0 Å². The van der Waals surface area contributed by atoms with Crippen molar-refractivity contribution in [1.29, 1.82) is 0 Å². The summed E-state index contributed by atoms with van der Waals surface area (Å²) in [4.78, 5) is 14.3. The Morgan fingerprint density at radius 2 is 1.68 bits per heavy atom. The average Bonchev–Trinajstić information content (AvgIpc) is 2.67. The minimum absolute atomic E-state index is 0.160. The minimum Gasteiger partial charge on any atom is -0.444 e. The predicted octanol–water partition coefficient (Wildman–Crippen LogP) is 4.09. The molecule has 2 unspecified atom stereocenters. The van der Waals surface area contributed by atoms with E-state index < -0.39 is 5.60 Å². The number of hydrogen-bond acceptors (Lipinski definition) is 3. The fourth-order valence-electron chi connectivity index (χ4n) is 3.69. The summed E-state index contributed by atoms with van der Waals surface area (Å²) in [6.07, 6.45) is 10.1. The summed E-state index contributed by atoms with van der Waals surface area (Å²) in [5, 5.41) is 3.85. The maximum absolute atomic E-state index is 12.4. The monoisotopic (exact) mass is 310 g/mol. The summed E-state index contributed by atoms with van der Waals surface area (Å²) >= 11 is 0. The molecule has 1 aliphatic carbocycles. The van der Waals surface area contributed by atoms with Crippen molar-refractivity contribution >= 4 is 6.09 Å². The van der Waals surface area contributed by atoms with Crippen molar-refractivity contribution in [2.45, 2.75) is 103 Å². The molecule has 2 aliphatic rings. The largest absolute Gasteiger partial charge is 0.444 e. The Labute approximate surface area is 136 Å². The maximum atomic E-state index is 12.4. The van der Waals surface area contributed by atoms with Gasteiger partial charge in [0, 0.05) is 24.7 Å². The van der Waals surface area contributed by atoms with Gasteiger partial charge < -0.3 is 15.0 Å². The second kappa shape index (κ2) is 7.67. The third-order valence-electron chi connectivity index (χ3n) is 4.92. The number of amides is 1. The molecule has 0 aromatic carbocycles. The number of nitrogens with zero attached hydrogens (tertiary/aromatic N) is 1. The number of carbonyl (C=O) groups is 1. The van der Waals surface area contributed by atoms with Crippen LogP contribution in [0.4, 0.5) is 4.79 Å². The van der Waals surface area contributed by atoms with Crippen molar-refractivity contribution in [3.8, 4) is 0 Å². The van der Waals surface area contributed by atoms with Crippen LogP contribution in [0.15, 0.2) is 0 Å². The topological polar surface area (TPSA) is 41.6 Å². The smallest absolute Gasteiger partial charge is 0.410 e. The number of ether oxygens (including phenoxy) is 1. The van der Waals surface area contributed by atoms with Crippen molar-refractivity contribution in [1.82, 2.24) is 10.2 Å². The molecule has 1 amide bonds. The molecule has 2 rings (SSSR count). The van der Waals surface area contributed by atoms with E-state index >= 15 is 0 Å². The molecular weight excluding hydrogens is 276 g/mol. The molecule has 0 aromatic rings. The van der Waals surface area contributed by atoms with Gasteiger partial charge in [0.25, 0.3) is 0 Å². The molecule has 1 heterocycles. The van der Waals surface area contributed by atoms with E-state index in [0.717, 1.165) is 19.4 Å². The first-order valence-electron chi connectivity index (χ1n) is 9.12. The number of likely N-dealkylation sites (tertiary alicyclic amines) is 1. The van der Waals surface area contributed by atoms with Crippen LogP contribution in [0.5, 0.6) is 0 Å². The predicted molar refractivity (Wildman–Crippen MR) is 90.0 cm³/mol. The Hall–Kier alpha value is -0.770. The summed E-state index contributed by atoms with van der Waals surface area (Å²) < 4.78 is 5.57. The van der Waals surface area contributed by atoms with E-state index in [0.29, 0.717) is 12.1 Å². The van der Waals surface area contributed by atoms with Crippen LogP contribution in [0.2, 0.25) is 0 Å². The first-order valence-corrected chi connectivity index (χ1v) is 9.12. The zero-order chi connectivity index (χ0) is 16.2. The van der Waals surface area contributed by atoms with Crippen LogP contribution in [0.1, 0.15) is 79.1 Å². The van der Waals surface area contributed by atoms with Gasteiger partial charge in [0.1, 0.15) is 5.60 Å². The highest BCUT2D eigenvalue weighted by Crippen LogP contribution is 2.24. The van der Waals surface area contributed by atoms with Gasteiger partial charge in [-0.25, -0.2) is 4.79 Å². The Bertz CT molecular complexity index is 357. The number of piperidine rings is 1. The van der Waals surface area contributed by atoms with E-state index in [9.17, 15) is 4.79 Å². The molecule has 2 atom stereocenters. The molecule has 22 heavy (non-hydrogen) atoms. The van der Waals surface area contributed by atoms with Crippen molar-refractivity contribution in [2.75, 3.05) is 6.54 Å². The van der Waals surface area contributed by atoms with Crippen molar-refractivity contribution in [2.24, 2.45) is 0 Å². The SMILES string of the molecule is CC1C(NC2CCCCCC2)CCCN1C(=O)OC(C)(C)C. The third kappa shape index (κ3) is 5.15. The van der Waals surface area contributed by atoms with E-state index in [1.165, 1.54) is 38.5 Å². The summed E-state index contributed by atoms with van der Waals surface area (Å²) in [6.45, 7) is 8.78. The molecule has 1 N–H and O–H groups in total. The van der Waals surface area contributed by atoms with Gasteiger partial charge in [-0.2, -0.15) is 0 Å². The lowest BCUT2D eigenvalue weighted by molar-refractivity contribution is 0.00618. The highest BCUT2D eigenvalue weighted by molar-refractivity contribution is 5.68. The van der Waals surface area contributed by atoms with Crippen LogP contribution in [0.3, 0.4) is 0 Å². The maximum Gasteiger partial charge on any atom is 0.410 e. The van der Waals surface area contributed by atoms with Crippen LogP contribution in [0.25, 0.3) is 0 Å². The summed E-state index contributed by atoms with van der Waals surface area (Å²) in [7, 11) is 0. The highest BCUT2D eigenvalue weighted by Gasteiger charge is 2.34. The molecule has 1 saturated carbocycles. The molecule has 0 aromatic heterocycles. The molecule has 4 nitrogen and oxygen atoms in total. The molecule has 0 radical (unpaired) electrons. The zero-order valence-corrected chi connectivity index (χ0v) is 14.9. The summed E-state index contributed by atoms with van der Waals surface area (Å²) in [5.74, 6) is 0. The lowest BCUT2D eigenvalue weighted by Crippen LogP contribution is -2.57. The van der Waals surface area contributed by atoms with Crippen LogP contribution in [-0.4, -0.2) is 41.3 Å². The van der Waals surface area contributed by atoms with Crippen LogP contribution in [0, 0.1) is 0 Å². The van der Waals surface area contributed by atoms with Crippen LogP contribution < -0.4 is 5.32 Å². The molecule has 0 spiro atoms. The van der Waals surface area contributed by atoms with Gasteiger partial charge >= 0.3 is 6.09 Å². The second-order valence-electron chi connectivity index (χ2n) is 8.02. The van der Waals surface area contributed by atoms with E-state index in [4.69, 9.17) is 4.74 Å². The lowest BCUT2D eigenvalue weighted by atomic mass is 9.95. The number of carbonyl (C=O) groups excluding carboxylic acids is 1. The third-order valence-corrected chi connectivity index (χ3v) is 4.92. The Kier molecular flexibility index (Phi) is 6.13. The Morgan fingerprint density at radius 3 is 2.27 bits per heavy atom. The normalized spacial score (nSPS) is 28.3. The molecule has 4 heteroatoms. The van der Waals surface area contributed by atoms with Gasteiger partial charge in [-0.1, -0.05) is 25.7 Å². The van der Waals surface area contributed by atoms with Crippen molar-refractivity contribution < 1.29 is 9.53 Å². The molecule has 1 saturated heterocycles. The molecule has 2 fully saturated rings. The molecule has 128 valence electrons. The minimum atomic E-state index is -0.418. The average molecular weight is 310 g/mol. The van der Waals surface area contributed by atoms with Gasteiger partial charge in [0.15, 0.2) is 0 Å². The first kappa shape index (κ1) is 17.6. The van der Waals surface area contributed by atoms with Crippen molar-refractivity contribution in [3.05, 3.63) is 0 Å². The Balaban J connectivity index is 1.91. The fraction of sp³-hybridized carbons (Fsp3) is 0.944. The second-order valence-corrected chi connectivity index (χ2v) is 8.02. The van der Waals surface area contributed by atoms with Gasteiger partial charge in [0.05, 0.1) is 0 Å². The van der Waals surface area contributed by atoms with Gasteiger partial charge in [-0.15, -0.1) is 0 Å². The quantitative estimate of drug-likeness (QED) is 0.781. The highest BCUT2D eigenvalue weighted by atomic mass is 16.6. The first-order chi connectivity index (χ1) is 10.4. The van der Waals surface area contributed by atoms with Crippen LogP contribution in [-0.2, 0) is 4.74 Å². The standard InChI is InChI=1S/C18H34N2O2/c1-14-16(19-15-10-7-5-6-8-11-15)12-9-13-20(14)17(21)22-18(2,3)4/h14-16,19H,5-13H2,1-4H3. The number of nitrogens with one attached hydrogen (secondary N) is 1. The van der Waals surface area contributed by atoms with Crippen LogP contribution >= 0.6 is 0 Å². The fourth-order valence-corrected chi connectivity index (χ4v) is 3.69. The molecular formula is C18H34N2O2. The zero-order valence-electron chi connectivity index (χ0n) is 14.9. The van der Waals surface area contributed by atoms with Gasteiger partial charge in [0.2, 0.25) is 0 Å². The number of hydrogen-bond donors (Lipinski definition) is 1. The summed E-state index contributed by atoms with van der Waals surface area (Å²) in [6, 6.07) is 1.25. The number of rotatable bonds is 2. The van der Waals surface area contributed by atoms with Gasteiger partial charge in [-0.3, -0.25) is 0 Å².